The molecule has 0 saturated heterocycles. The molecule has 140 valence electrons. The van der Waals surface area contributed by atoms with Gasteiger partial charge in [-0.05, 0) is 36.4 Å². The van der Waals surface area contributed by atoms with Crippen molar-refractivity contribution in [2.24, 2.45) is 0 Å². The van der Waals surface area contributed by atoms with Crippen LogP contribution in [0.25, 0.3) is 0 Å². The Labute approximate surface area is 165 Å². The van der Waals surface area contributed by atoms with Crippen LogP contribution in [0.2, 0.25) is 0 Å². The van der Waals surface area contributed by atoms with Gasteiger partial charge in [-0.25, -0.2) is 13.1 Å². The summed E-state index contributed by atoms with van der Waals surface area (Å²) in [5.41, 5.74) is 3.06. The highest BCUT2D eigenvalue weighted by molar-refractivity contribution is 7.98. The lowest BCUT2D eigenvalue weighted by molar-refractivity contribution is 0.552. The summed E-state index contributed by atoms with van der Waals surface area (Å²) in [5, 5.41) is -0.0474. The van der Waals surface area contributed by atoms with Gasteiger partial charge in [0.1, 0.15) is 0 Å². The van der Waals surface area contributed by atoms with Crippen LogP contribution in [0, 0.1) is 6.92 Å². The van der Waals surface area contributed by atoms with Gasteiger partial charge in [0, 0.05) is 5.25 Å². The predicted molar refractivity (Wildman–Crippen MR) is 113 cm³/mol. The number of nitrogens with one attached hydrogen (secondary N) is 1. The van der Waals surface area contributed by atoms with Crippen molar-refractivity contribution in [2.45, 2.75) is 23.1 Å². The Kier molecular flexibility index (Phi) is 6.37. The minimum Gasteiger partial charge on any atom is -0.207 e. The fraction of sp³-hybridized carbons (Fsp3) is 0.182. The van der Waals surface area contributed by atoms with E-state index in [2.05, 4.69) is 4.72 Å². The molecule has 3 aromatic rings. The number of rotatable bonds is 7. The van der Waals surface area contributed by atoms with Gasteiger partial charge in [-0.15, -0.1) is 0 Å². The Morgan fingerprint density at radius 1 is 0.778 bits per heavy atom. The van der Waals surface area contributed by atoms with E-state index in [0.717, 1.165) is 16.7 Å². The first-order valence-corrected chi connectivity index (χ1v) is 11.5. The molecule has 0 aliphatic heterocycles. The van der Waals surface area contributed by atoms with Gasteiger partial charge in [0.15, 0.2) is 0 Å². The number of sulfonamides is 1. The summed E-state index contributed by atoms with van der Waals surface area (Å²) in [6.07, 6.45) is 2.01. The molecule has 0 aliphatic rings. The van der Waals surface area contributed by atoms with E-state index >= 15 is 0 Å². The van der Waals surface area contributed by atoms with Crippen molar-refractivity contribution in [3.05, 3.63) is 102 Å². The fourth-order valence-electron chi connectivity index (χ4n) is 3.02. The molecule has 0 aliphatic carbocycles. The van der Waals surface area contributed by atoms with Gasteiger partial charge >= 0.3 is 0 Å². The van der Waals surface area contributed by atoms with Crippen molar-refractivity contribution in [2.75, 3.05) is 6.26 Å². The largest absolute Gasteiger partial charge is 0.241 e. The monoisotopic (exact) mass is 397 g/mol. The van der Waals surface area contributed by atoms with Gasteiger partial charge in [-0.1, -0.05) is 78.4 Å². The van der Waals surface area contributed by atoms with E-state index < -0.39 is 10.0 Å². The van der Waals surface area contributed by atoms with Crippen LogP contribution in [0.5, 0.6) is 0 Å². The molecule has 3 rings (SSSR count). The van der Waals surface area contributed by atoms with Gasteiger partial charge < -0.3 is 0 Å². The molecule has 0 unspecified atom stereocenters. The molecule has 0 heterocycles. The SMILES string of the molecule is CS[C@H](c1ccccc1)[C@H](NS(=O)(=O)c1ccc(C)cc1)c1ccccc1. The second-order valence-electron chi connectivity index (χ2n) is 6.39. The van der Waals surface area contributed by atoms with E-state index in [9.17, 15) is 8.42 Å². The molecule has 0 aromatic heterocycles. The highest BCUT2D eigenvalue weighted by Gasteiger charge is 2.29. The first-order valence-electron chi connectivity index (χ1n) is 8.73. The van der Waals surface area contributed by atoms with E-state index in [0.29, 0.717) is 0 Å². The number of hydrogen-bond donors (Lipinski definition) is 1. The maximum Gasteiger partial charge on any atom is 0.241 e. The lowest BCUT2D eigenvalue weighted by Crippen LogP contribution is -2.31. The Morgan fingerprint density at radius 3 is 1.81 bits per heavy atom. The van der Waals surface area contributed by atoms with Crippen molar-refractivity contribution in [3.8, 4) is 0 Å². The third kappa shape index (κ3) is 4.80. The molecular formula is C22H23NO2S2. The lowest BCUT2D eigenvalue weighted by Gasteiger charge is -2.27. The van der Waals surface area contributed by atoms with Gasteiger partial charge in [0.25, 0.3) is 0 Å². The van der Waals surface area contributed by atoms with E-state index in [1.807, 2.05) is 86.0 Å². The molecule has 0 spiro atoms. The van der Waals surface area contributed by atoms with Crippen LogP contribution in [0.4, 0.5) is 0 Å². The van der Waals surface area contributed by atoms with Crippen LogP contribution < -0.4 is 4.72 Å². The Morgan fingerprint density at radius 2 is 1.30 bits per heavy atom. The molecule has 2 atom stereocenters. The smallest absolute Gasteiger partial charge is 0.207 e. The number of thioether (sulfide) groups is 1. The van der Waals surface area contributed by atoms with E-state index in [1.54, 1.807) is 23.9 Å². The summed E-state index contributed by atoms with van der Waals surface area (Å²) in [6.45, 7) is 1.94. The summed E-state index contributed by atoms with van der Waals surface area (Å²) in [5.74, 6) is 0. The van der Waals surface area contributed by atoms with E-state index in [1.165, 1.54) is 0 Å². The predicted octanol–water partition coefficient (Wildman–Crippen LogP) is 5.12. The van der Waals surface area contributed by atoms with Gasteiger partial charge in [-0.2, -0.15) is 11.8 Å². The van der Waals surface area contributed by atoms with Crippen molar-refractivity contribution < 1.29 is 8.42 Å². The molecule has 3 nitrogen and oxygen atoms in total. The third-order valence-electron chi connectivity index (χ3n) is 4.46. The summed E-state index contributed by atoms with van der Waals surface area (Å²) in [6, 6.07) is 26.3. The lowest BCUT2D eigenvalue weighted by atomic mass is 9.99. The summed E-state index contributed by atoms with van der Waals surface area (Å²) >= 11 is 1.64. The minimum atomic E-state index is -3.65. The maximum absolute atomic E-state index is 13.1. The molecule has 27 heavy (non-hydrogen) atoms. The molecule has 5 heteroatoms. The van der Waals surface area contributed by atoms with Crippen LogP contribution in [-0.4, -0.2) is 14.7 Å². The van der Waals surface area contributed by atoms with Gasteiger partial charge in [0.05, 0.1) is 10.9 Å². The second kappa shape index (κ2) is 8.74. The Hall–Kier alpha value is -2.08. The van der Waals surface area contributed by atoms with Crippen molar-refractivity contribution in [3.63, 3.8) is 0 Å². The van der Waals surface area contributed by atoms with Gasteiger partial charge in [-0.3, -0.25) is 0 Å². The van der Waals surface area contributed by atoms with Crippen LogP contribution >= 0.6 is 11.8 Å². The summed E-state index contributed by atoms with van der Waals surface area (Å²) in [4.78, 5) is 0.280. The average molecular weight is 398 g/mol. The molecule has 0 fully saturated rings. The zero-order valence-electron chi connectivity index (χ0n) is 15.4. The molecule has 0 bridgehead atoms. The molecule has 0 radical (unpaired) electrons. The average Bonchev–Trinajstić information content (AvgIpc) is 2.69. The van der Waals surface area contributed by atoms with Crippen molar-refractivity contribution >= 4 is 21.8 Å². The maximum atomic E-state index is 13.1. The fourth-order valence-corrected chi connectivity index (χ4v) is 5.27. The van der Waals surface area contributed by atoms with Crippen LogP contribution in [-0.2, 0) is 10.0 Å². The number of aryl methyl sites for hydroxylation is 1. The third-order valence-corrected chi connectivity index (χ3v) is 6.97. The Bertz CT molecular complexity index is 956. The Balaban J connectivity index is 2.01. The molecule has 3 aromatic carbocycles. The molecule has 0 saturated carbocycles. The first-order chi connectivity index (χ1) is 13.0. The number of benzene rings is 3. The zero-order chi connectivity index (χ0) is 19.3. The molecular weight excluding hydrogens is 374 g/mol. The van der Waals surface area contributed by atoms with Crippen LogP contribution in [0.15, 0.2) is 89.8 Å². The minimum absolute atomic E-state index is 0.0474. The second-order valence-corrected chi connectivity index (χ2v) is 9.08. The molecule has 0 amide bonds. The van der Waals surface area contributed by atoms with E-state index in [4.69, 9.17) is 0 Å². The number of hydrogen-bond acceptors (Lipinski definition) is 3. The quantitative estimate of drug-likeness (QED) is 0.602. The summed E-state index contributed by atoms with van der Waals surface area (Å²) in [7, 11) is -3.65. The van der Waals surface area contributed by atoms with E-state index in [-0.39, 0.29) is 16.2 Å². The van der Waals surface area contributed by atoms with Crippen LogP contribution in [0.1, 0.15) is 28.0 Å². The van der Waals surface area contributed by atoms with Gasteiger partial charge in [0.2, 0.25) is 10.0 Å². The van der Waals surface area contributed by atoms with Crippen molar-refractivity contribution in [1.82, 2.24) is 4.72 Å². The highest BCUT2D eigenvalue weighted by atomic mass is 32.2. The van der Waals surface area contributed by atoms with Crippen molar-refractivity contribution in [1.29, 1.82) is 0 Å². The normalized spacial score (nSPS) is 13.9. The standard InChI is InChI=1S/C22H23NO2S2/c1-17-13-15-20(16-14-17)27(24,25)23-21(18-9-5-3-6-10-18)22(26-2)19-11-7-4-8-12-19/h3-16,21-23H,1-2H3/t21-,22-/m1/s1. The topological polar surface area (TPSA) is 46.2 Å². The first kappa shape index (κ1) is 19.7. The zero-order valence-corrected chi connectivity index (χ0v) is 17.0. The molecule has 1 N–H and O–H groups in total. The van der Waals surface area contributed by atoms with Crippen LogP contribution in [0.3, 0.4) is 0 Å². The summed E-state index contributed by atoms with van der Waals surface area (Å²) < 4.78 is 29.1. The highest BCUT2D eigenvalue weighted by Crippen LogP contribution is 2.39.